The molecule has 0 unspecified atom stereocenters. The summed E-state index contributed by atoms with van der Waals surface area (Å²) in [6.45, 7) is 1.96. The summed E-state index contributed by atoms with van der Waals surface area (Å²) in [6, 6.07) is 11.4. The number of rotatable bonds is 7. The van der Waals surface area contributed by atoms with Crippen molar-refractivity contribution in [2.24, 2.45) is 0 Å². The molecule has 8 heteroatoms. The Kier molecular flexibility index (Phi) is 6.08. The van der Waals surface area contributed by atoms with Gasteiger partial charge in [0, 0.05) is 25.8 Å². The summed E-state index contributed by atoms with van der Waals surface area (Å²) in [6.07, 6.45) is 3.06. The average Bonchev–Trinajstić information content (AvgIpc) is 3.18. The lowest BCUT2D eigenvalue weighted by Gasteiger charge is -2.25. The number of nitrogens with zero attached hydrogens (tertiary/aromatic N) is 1. The van der Waals surface area contributed by atoms with Gasteiger partial charge in [0.1, 0.15) is 10.6 Å². The molecule has 1 aromatic carbocycles. The third-order valence-corrected chi connectivity index (χ3v) is 6.16. The van der Waals surface area contributed by atoms with Crippen LogP contribution in [0.2, 0.25) is 0 Å². The lowest BCUT2D eigenvalue weighted by Crippen LogP contribution is -2.40. The van der Waals surface area contributed by atoms with E-state index in [1.165, 1.54) is 22.1 Å². The molecule has 1 aliphatic rings. The Hall–Kier alpha value is -2.16. The first-order valence-corrected chi connectivity index (χ1v) is 10.1. The van der Waals surface area contributed by atoms with Crippen LogP contribution in [0.1, 0.15) is 22.5 Å². The molecular formula is C18H23N3O4S. The van der Waals surface area contributed by atoms with Crippen LogP contribution in [0.5, 0.6) is 0 Å². The topological polar surface area (TPSA) is 91.5 Å². The number of hydrogen-bond donors (Lipinski definition) is 2. The molecule has 0 aliphatic carbocycles. The first-order valence-electron chi connectivity index (χ1n) is 8.66. The number of aromatic amines is 1. The molecule has 3 rings (SSSR count). The normalized spacial score (nSPS) is 15.7. The van der Waals surface area contributed by atoms with E-state index in [2.05, 4.69) is 22.4 Å². The minimum absolute atomic E-state index is 0.105. The van der Waals surface area contributed by atoms with Crippen LogP contribution in [-0.2, 0) is 21.2 Å². The van der Waals surface area contributed by atoms with E-state index in [9.17, 15) is 13.2 Å². The fourth-order valence-electron chi connectivity index (χ4n) is 2.82. The van der Waals surface area contributed by atoms with Gasteiger partial charge >= 0.3 is 0 Å². The predicted octanol–water partition coefficient (Wildman–Crippen LogP) is 1.40. The molecule has 1 amide bonds. The predicted molar refractivity (Wildman–Crippen MR) is 97.5 cm³/mol. The highest BCUT2D eigenvalue weighted by atomic mass is 32.2. The fourth-order valence-corrected chi connectivity index (χ4v) is 4.23. The maximum atomic E-state index is 12.6. The lowest BCUT2D eigenvalue weighted by molar-refractivity contribution is 0.0730. The van der Waals surface area contributed by atoms with E-state index in [1.807, 2.05) is 18.2 Å². The molecule has 1 aliphatic heterocycles. The summed E-state index contributed by atoms with van der Waals surface area (Å²) in [4.78, 5) is 15.1. The molecule has 0 atom stereocenters. The van der Waals surface area contributed by atoms with Gasteiger partial charge in [0.15, 0.2) is 0 Å². The van der Waals surface area contributed by atoms with Crippen molar-refractivity contribution < 1.29 is 17.9 Å². The number of benzene rings is 1. The summed E-state index contributed by atoms with van der Waals surface area (Å²) in [5.74, 6) is -0.304. The highest BCUT2D eigenvalue weighted by Crippen LogP contribution is 2.18. The van der Waals surface area contributed by atoms with E-state index < -0.39 is 10.0 Å². The van der Waals surface area contributed by atoms with Crippen LogP contribution >= 0.6 is 0 Å². The number of nitrogens with one attached hydrogen (secondary N) is 2. The van der Waals surface area contributed by atoms with Crippen molar-refractivity contribution in [2.75, 3.05) is 32.8 Å². The number of sulfonamides is 1. The van der Waals surface area contributed by atoms with Crippen LogP contribution < -0.4 is 5.32 Å². The van der Waals surface area contributed by atoms with Crippen LogP contribution in [0.3, 0.4) is 0 Å². The number of aromatic nitrogens is 1. The molecule has 1 fully saturated rings. The van der Waals surface area contributed by atoms with E-state index >= 15 is 0 Å². The lowest BCUT2D eigenvalue weighted by atomic mass is 10.1. The van der Waals surface area contributed by atoms with Crippen molar-refractivity contribution in [1.29, 1.82) is 0 Å². The second-order valence-corrected chi connectivity index (χ2v) is 8.05. The van der Waals surface area contributed by atoms with Crippen molar-refractivity contribution in [3.8, 4) is 0 Å². The van der Waals surface area contributed by atoms with Gasteiger partial charge in [-0.15, -0.1) is 0 Å². The van der Waals surface area contributed by atoms with Crippen LogP contribution in [0.25, 0.3) is 0 Å². The summed E-state index contributed by atoms with van der Waals surface area (Å²) in [7, 11) is -3.59. The van der Waals surface area contributed by atoms with Crippen LogP contribution in [-0.4, -0.2) is 56.5 Å². The van der Waals surface area contributed by atoms with Crippen molar-refractivity contribution in [3.05, 3.63) is 53.9 Å². The van der Waals surface area contributed by atoms with Crippen molar-refractivity contribution >= 4 is 15.9 Å². The number of hydrogen-bond acceptors (Lipinski definition) is 4. The highest BCUT2D eigenvalue weighted by Gasteiger charge is 2.27. The molecule has 0 radical (unpaired) electrons. The van der Waals surface area contributed by atoms with Crippen LogP contribution in [0.15, 0.2) is 47.5 Å². The van der Waals surface area contributed by atoms with E-state index in [4.69, 9.17) is 4.74 Å². The molecule has 0 spiro atoms. The quantitative estimate of drug-likeness (QED) is 0.714. The zero-order valence-electron chi connectivity index (χ0n) is 14.5. The first-order chi connectivity index (χ1) is 12.6. The number of ether oxygens (including phenoxy) is 1. The molecule has 7 nitrogen and oxygen atoms in total. The minimum Gasteiger partial charge on any atom is -0.379 e. The SMILES string of the molecule is O=C(NCCCc1ccccc1)c1cc(S(=O)(=O)N2CCOCC2)c[nH]1. The Labute approximate surface area is 153 Å². The Morgan fingerprint density at radius 2 is 1.92 bits per heavy atom. The molecule has 2 heterocycles. The molecule has 140 valence electrons. The number of amides is 1. The number of H-pyrrole nitrogens is 1. The maximum absolute atomic E-state index is 12.6. The molecule has 1 aromatic heterocycles. The highest BCUT2D eigenvalue weighted by molar-refractivity contribution is 7.89. The average molecular weight is 377 g/mol. The zero-order valence-corrected chi connectivity index (χ0v) is 15.3. The van der Waals surface area contributed by atoms with Crippen LogP contribution in [0, 0.1) is 0 Å². The second kappa shape index (κ2) is 8.48. The van der Waals surface area contributed by atoms with E-state index in [1.54, 1.807) is 0 Å². The molecule has 26 heavy (non-hydrogen) atoms. The van der Waals surface area contributed by atoms with Gasteiger partial charge in [-0.2, -0.15) is 4.31 Å². The van der Waals surface area contributed by atoms with Gasteiger partial charge in [-0.3, -0.25) is 4.79 Å². The van der Waals surface area contributed by atoms with Gasteiger partial charge < -0.3 is 15.0 Å². The van der Waals surface area contributed by atoms with Crippen molar-refractivity contribution in [3.63, 3.8) is 0 Å². The summed E-state index contributed by atoms with van der Waals surface area (Å²) >= 11 is 0. The van der Waals surface area contributed by atoms with Gasteiger partial charge in [0.2, 0.25) is 10.0 Å². The Bertz CT molecular complexity index is 827. The Morgan fingerprint density at radius 3 is 2.65 bits per heavy atom. The zero-order chi connectivity index (χ0) is 18.4. The standard InChI is InChI=1S/C18H23N3O4S/c22-18(19-8-4-7-15-5-2-1-3-6-15)17-13-16(14-20-17)26(23,24)21-9-11-25-12-10-21/h1-3,5-6,13-14,20H,4,7-12H2,(H,19,22). The molecule has 0 saturated carbocycles. The molecular weight excluding hydrogens is 354 g/mol. The molecule has 0 bridgehead atoms. The number of carbonyl (C=O) groups excluding carboxylic acids is 1. The third-order valence-electron chi connectivity index (χ3n) is 4.28. The Balaban J connectivity index is 1.52. The monoisotopic (exact) mass is 377 g/mol. The molecule has 1 saturated heterocycles. The number of aryl methyl sites for hydroxylation is 1. The van der Waals surface area contributed by atoms with E-state index in [-0.39, 0.29) is 16.5 Å². The maximum Gasteiger partial charge on any atom is 0.267 e. The summed E-state index contributed by atoms with van der Waals surface area (Å²) in [5.41, 5.74) is 1.47. The number of morpholine rings is 1. The largest absolute Gasteiger partial charge is 0.379 e. The van der Waals surface area contributed by atoms with Crippen molar-refractivity contribution in [1.82, 2.24) is 14.6 Å². The first kappa shape index (κ1) is 18.6. The van der Waals surface area contributed by atoms with Crippen LogP contribution in [0.4, 0.5) is 0 Å². The fraction of sp³-hybridized carbons (Fsp3) is 0.389. The Morgan fingerprint density at radius 1 is 1.19 bits per heavy atom. The minimum atomic E-state index is -3.59. The number of carbonyl (C=O) groups is 1. The van der Waals surface area contributed by atoms with Gasteiger partial charge in [0.25, 0.3) is 5.91 Å². The van der Waals surface area contributed by atoms with Gasteiger partial charge in [-0.05, 0) is 24.5 Å². The second-order valence-electron chi connectivity index (χ2n) is 6.11. The van der Waals surface area contributed by atoms with Gasteiger partial charge in [-0.1, -0.05) is 30.3 Å². The van der Waals surface area contributed by atoms with Crippen molar-refractivity contribution in [2.45, 2.75) is 17.7 Å². The van der Waals surface area contributed by atoms with Gasteiger partial charge in [0.05, 0.1) is 13.2 Å². The third kappa shape index (κ3) is 4.51. The molecule has 2 aromatic rings. The van der Waals surface area contributed by atoms with E-state index in [0.717, 1.165) is 12.8 Å². The summed E-state index contributed by atoms with van der Waals surface area (Å²) in [5, 5.41) is 2.81. The van der Waals surface area contributed by atoms with Gasteiger partial charge in [-0.25, -0.2) is 8.42 Å². The smallest absolute Gasteiger partial charge is 0.267 e. The van der Waals surface area contributed by atoms with E-state index in [0.29, 0.717) is 32.8 Å². The molecule has 2 N–H and O–H groups in total. The summed E-state index contributed by atoms with van der Waals surface area (Å²) < 4.78 is 31.7.